The topological polar surface area (TPSA) is 66.4 Å². The number of ether oxygens (including phenoxy) is 1. The number of rotatable bonds is 3. The molecule has 0 radical (unpaired) electrons. The first kappa shape index (κ1) is 23.7. The van der Waals surface area contributed by atoms with Gasteiger partial charge in [0.25, 0.3) is 0 Å². The van der Waals surface area contributed by atoms with Gasteiger partial charge in [0.15, 0.2) is 17.3 Å². The van der Waals surface area contributed by atoms with Gasteiger partial charge in [-0.15, -0.1) is 0 Å². The SMILES string of the molecule is COc1cccc([I+]c2ccc(C(C)(C)C)cc2)c1.O=S(=O)([O-])C(F)(F)F. The molecule has 0 saturated heterocycles. The van der Waals surface area contributed by atoms with E-state index in [1.165, 1.54) is 12.7 Å². The van der Waals surface area contributed by atoms with Crippen LogP contribution in [0.5, 0.6) is 5.75 Å². The highest BCUT2D eigenvalue weighted by Gasteiger charge is 2.36. The Labute approximate surface area is 167 Å². The maximum Gasteiger partial charge on any atom is 0.485 e. The fourth-order valence-corrected chi connectivity index (χ4v) is 4.08. The summed E-state index contributed by atoms with van der Waals surface area (Å²) in [4.78, 5) is 0. The Kier molecular flexibility index (Phi) is 8.12. The Bertz CT molecular complexity index is 842. The van der Waals surface area contributed by atoms with Crippen molar-refractivity contribution in [3.8, 4) is 5.75 Å². The van der Waals surface area contributed by atoms with Crippen LogP contribution < -0.4 is 25.9 Å². The van der Waals surface area contributed by atoms with Crippen LogP contribution in [0.25, 0.3) is 0 Å². The Morgan fingerprint density at radius 1 is 0.963 bits per heavy atom. The summed E-state index contributed by atoms with van der Waals surface area (Å²) in [6, 6.07) is 17.5. The quantitative estimate of drug-likeness (QED) is 0.349. The minimum atomic E-state index is -6.09. The van der Waals surface area contributed by atoms with E-state index in [9.17, 15) is 13.2 Å². The zero-order valence-corrected chi connectivity index (χ0v) is 18.1. The van der Waals surface area contributed by atoms with Crippen LogP contribution in [-0.2, 0) is 15.5 Å². The smallest absolute Gasteiger partial charge is 0.485 e. The first-order valence-electron chi connectivity index (χ1n) is 7.65. The van der Waals surface area contributed by atoms with E-state index in [1.807, 2.05) is 6.07 Å². The van der Waals surface area contributed by atoms with Crippen LogP contribution >= 0.6 is 0 Å². The summed E-state index contributed by atoms with van der Waals surface area (Å²) in [6.07, 6.45) is 0. The molecular weight excluding hydrogens is 496 g/mol. The summed E-state index contributed by atoms with van der Waals surface area (Å²) in [6.45, 7) is 6.75. The number of hydrogen-bond acceptors (Lipinski definition) is 4. The van der Waals surface area contributed by atoms with Gasteiger partial charge in [-0.3, -0.25) is 0 Å². The van der Waals surface area contributed by atoms with Crippen LogP contribution in [0.15, 0.2) is 48.5 Å². The number of benzene rings is 2. The van der Waals surface area contributed by atoms with Gasteiger partial charge in [0.2, 0.25) is 0 Å². The van der Waals surface area contributed by atoms with Gasteiger partial charge in [-0.1, -0.05) is 39.0 Å². The van der Waals surface area contributed by atoms with E-state index >= 15 is 0 Å². The zero-order valence-electron chi connectivity index (χ0n) is 15.2. The number of hydrogen-bond donors (Lipinski definition) is 0. The third-order valence-corrected chi connectivity index (χ3v) is 6.45. The second-order valence-electron chi connectivity index (χ2n) is 6.41. The van der Waals surface area contributed by atoms with Crippen molar-refractivity contribution < 1.29 is 52.1 Å². The molecule has 0 N–H and O–H groups in total. The second kappa shape index (κ2) is 9.24. The van der Waals surface area contributed by atoms with Crippen LogP contribution in [0.3, 0.4) is 0 Å². The number of methoxy groups -OCH3 is 1. The molecule has 150 valence electrons. The zero-order chi connectivity index (χ0) is 20.9. The molecule has 0 saturated carbocycles. The molecule has 0 spiro atoms. The van der Waals surface area contributed by atoms with Crippen LogP contribution in [0.2, 0.25) is 0 Å². The highest BCUT2D eigenvalue weighted by atomic mass is 127. The van der Waals surface area contributed by atoms with Gasteiger partial charge >= 0.3 is 26.7 Å². The van der Waals surface area contributed by atoms with Crippen molar-refractivity contribution >= 4 is 10.1 Å². The molecule has 0 aliphatic rings. The summed E-state index contributed by atoms with van der Waals surface area (Å²) in [5, 5.41) is 0. The molecule has 0 fully saturated rings. The standard InChI is InChI=1S/C17H20IO.CHF3O3S/c1-17(2,3)13-8-10-14(11-9-13)18-15-6-5-7-16(12-15)19-4;2-1(3,4)8(5,6)7/h5-12H,1-4H3;(H,5,6,7)/q+1;/p-1. The van der Waals surface area contributed by atoms with Crippen molar-refractivity contribution in [3.05, 3.63) is 61.2 Å². The number of alkyl halides is 3. The maximum atomic E-state index is 10.7. The molecule has 0 bridgehead atoms. The Balaban J connectivity index is 0.000000387. The maximum absolute atomic E-state index is 10.7. The third kappa shape index (κ3) is 8.06. The Morgan fingerprint density at radius 2 is 1.48 bits per heavy atom. The molecule has 2 aromatic carbocycles. The van der Waals surface area contributed by atoms with Gasteiger partial charge in [0.05, 0.1) is 7.11 Å². The van der Waals surface area contributed by atoms with Gasteiger partial charge in [-0.05, 0) is 35.2 Å². The summed E-state index contributed by atoms with van der Waals surface area (Å²) in [7, 11) is -4.37. The molecule has 0 amide bonds. The van der Waals surface area contributed by atoms with Crippen LogP contribution in [0.4, 0.5) is 13.2 Å². The molecule has 0 atom stereocenters. The van der Waals surface area contributed by atoms with E-state index in [4.69, 9.17) is 17.7 Å². The van der Waals surface area contributed by atoms with E-state index in [0.29, 0.717) is 0 Å². The highest BCUT2D eigenvalue weighted by Crippen LogP contribution is 2.21. The highest BCUT2D eigenvalue weighted by molar-refractivity contribution is 7.86. The predicted octanol–water partition coefficient (Wildman–Crippen LogP) is 1.17. The average Bonchev–Trinajstić information content (AvgIpc) is 2.53. The van der Waals surface area contributed by atoms with E-state index in [-0.39, 0.29) is 26.6 Å². The first-order valence-corrected chi connectivity index (χ1v) is 11.2. The lowest BCUT2D eigenvalue weighted by molar-refractivity contribution is -0.597. The van der Waals surface area contributed by atoms with E-state index in [2.05, 4.69) is 63.2 Å². The average molecular weight is 516 g/mol. The van der Waals surface area contributed by atoms with E-state index in [0.717, 1.165) is 5.75 Å². The molecule has 27 heavy (non-hydrogen) atoms. The lowest BCUT2D eigenvalue weighted by Crippen LogP contribution is -3.61. The summed E-state index contributed by atoms with van der Waals surface area (Å²) in [5.41, 5.74) is -4.02. The fraction of sp³-hybridized carbons (Fsp3) is 0.333. The Hall–Kier alpha value is -1.33. The van der Waals surface area contributed by atoms with E-state index in [1.54, 1.807) is 7.11 Å². The van der Waals surface area contributed by atoms with Gasteiger partial charge in [-0.25, -0.2) is 8.42 Å². The molecule has 0 aliphatic carbocycles. The molecular formula is C18H20F3IO4S. The van der Waals surface area contributed by atoms with Gasteiger partial charge in [-0.2, -0.15) is 13.2 Å². The first-order chi connectivity index (χ1) is 12.2. The number of halogens is 4. The lowest BCUT2D eigenvalue weighted by Gasteiger charge is -2.18. The second-order valence-corrected chi connectivity index (χ2v) is 10.8. The van der Waals surface area contributed by atoms with Gasteiger partial charge < -0.3 is 9.29 Å². The van der Waals surface area contributed by atoms with Crippen molar-refractivity contribution in [2.24, 2.45) is 0 Å². The van der Waals surface area contributed by atoms with Gasteiger partial charge in [0, 0.05) is 6.07 Å². The summed E-state index contributed by atoms with van der Waals surface area (Å²) in [5.74, 6) is 0.948. The molecule has 0 unspecified atom stereocenters. The van der Waals surface area contributed by atoms with Crippen molar-refractivity contribution in [1.82, 2.24) is 0 Å². The fourth-order valence-electron chi connectivity index (χ4n) is 1.79. The van der Waals surface area contributed by atoms with Crippen molar-refractivity contribution in [3.63, 3.8) is 0 Å². The minimum absolute atomic E-state index is 0.124. The third-order valence-electron chi connectivity index (χ3n) is 3.24. The van der Waals surface area contributed by atoms with Crippen LogP contribution in [0.1, 0.15) is 26.3 Å². The van der Waals surface area contributed by atoms with Crippen molar-refractivity contribution in [1.29, 1.82) is 0 Å². The molecule has 0 aromatic heterocycles. The lowest BCUT2D eigenvalue weighted by atomic mass is 9.87. The minimum Gasteiger partial charge on any atom is -0.741 e. The van der Waals surface area contributed by atoms with Gasteiger partial charge in [0.1, 0.15) is 5.75 Å². The predicted molar refractivity (Wildman–Crippen MR) is 91.3 cm³/mol. The van der Waals surface area contributed by atoms with Crippen molar-refractivity contribution in [2.45, 2.75) is 31.7 Å². The monoisotopic (exact) mass is 516 g/mol. The van der Waals surface area contributed by atoms with Crippen molar-refractivity contribution in [2.75, 3.05) is 7.11 Å². The summed E-state index contributed by atoms with van der Waals surface area (Å²) >= 11 is -0.124. The molecule has 4 nitrogen and oxygen atoms in total. The summed E-state index contributed by atoms with van der Waals surface area (Å²) < 4.78 is 67.0. The molecule has 2 aromatic rings. The molecule has 9 heteroatoms. The van der Waals surface area contributed by atoms with Crippen LogP contribution in [-0.4, -0.2) is 25.6 Å². The normalized spacial score (nSPS) is 12.1. The molecule has 0 aliphatic heterocycles. The molecule has 2 rings (SSSR count). The Morgan fingerprint density at radius 3 is 1.89 bits per heavy atom. The molecule has 0 heterocycles. The largest absolute Gasteiger partial charge is 0.741 e. The van der Waals surface area contributed by atoms with E-state index < -0.39 is 15.6 Å². The van der Waals surface area contributed by atoms with Crippen LogP contribution in [0, 0.1) is 7.14 Å².